The van der Waals surface area contributed by atoms with Gasteiger partial charge < -0.3 is 14.2 Å². The number of amides is 1. The van der Waals surface area contributed by atoms with Gasteiger partial charge in [0.05, 0.1) is 33.4 Å². The number of esters is 1. The number of nitrogens with zero attached hydrogens (tertiary/aromatic N) is 1. The highest BCUT2D eigenvalue weighted by molar-refractivity contribution is 14.1. The van der Waals surface area contributed by atoms with Gasteiger partial charge in [-0.1, -0.05) is 35.6 Å². The molecule has 0 aliphatic carbocycles. The third-order valence-electron chi connectivity index (χ3n) is 4.07. The van der Waals surface area contributed by atoms with E-state index in [9.17, 15) is 14.0 Å². The van der Waals surface area contributed by atoms with Gasteiger partial charge in [0, 0.05) is 0 Å². The van der Waals surface area contributed by atoms with Crippen LogP contribution in [0, 0.1) is 9.39 Å². The van der Waals surface area contributed by atoms with E-state index >= 15 is 0 Å². The van der Waals surface area contributed by atoms with E-state index in [1.807, 2.05) is 22.6 Å². The number of halogens is 3. The van der Waals surface area contributed by atoms with Crippen molar-refractivity contribution in [2.75, 3.05) is 25.7 Å². The van der Waals surface area contributed by atoms with Crippen LogP contribution in [0.4, 0.5) is 10.1 Å². The number of methoxy groups -OCH3 is 2. The van der Waals surface area contributed by atoms with Crippen molar-refractivity contribution in [2.45, 2.75) is 0 Å². The highest BCUT2D eigenvalue weighted by Crippen LogP contribution is 2.39. The molecule has 0 radical (unpaired) electrons. The van der Waals surface area contributed by atoms with Gasteiger partial charge in [0.1, 0.15) is 5.82 Å². The van der Waals surface area contributed by atoms with Gasteiger partial charge in [-0.15, -0.1) is 0 Å². The SMILES string of the molecule is COC(=O)COc1c(I)cc(/C=C2\SC(=S)N(c3ccc(F)c(Cl)c3)C2=O)cc1OC. The molecule has 31 heavy (non-hydrogen) atoms. The Morgan fingerprint density at radius 3 is 2.71 bits per heavy atom. The second-order valence-electron chi connectivity index (χ2n) is 6.01. The van der Waals surface area contributed by atoms with Crippen LogP contribution in [0.15, 0.2) is 35.2 Å². The second kappa shape index (κ2) is 10.2. The van der Waals surface area contributed by atoms with Crippen LogP contribution < -0.4 is 14.4 Å². The van der Waals surface area contributed by atoms with E-state index in [4.69, 9.17) is 33.3 Å². The lowest BCUT2D eigenvalue weighted by molar-refractivity contribution is -0.142. The predicted molar refractivity (Wildman–Crippen MR) is 130 cm³/mol. The van der Waals surface area contributed by atoms with Crippen LogP contribution in [0.3, 0.4) is 0 Å². The molecule has 1 saturated heterocycles. The van der Waals surface area contributed by atoms with Gasteiger partial charge in [-0.05, 0) is 64.6 Å². The number of hydrogen-bond donors (Lipinski definition) is 0. The molecule has 1 aliphatic rings. The van der Waals surface area contributed by atoms with E-state index < -0.39 is 11.8 Å². The van der Waals surface area contributed by atoms with Gasteiger partial charge in [0.25, 0.3) is 5.91 Å². The van der Waals surface area contributed by atoms with Crippen LogP contribution in [0.2, 0.25) is 5.02 Å². The van der Waals surface area contributed by atoms with Crippen molar-refractivity contribution in [1.29, 1.82) is 0 Å². The maximum Gasteiger partial charge on any atom is 0.343 e. The molecule has 6 nitrogen and oxygen atoms in total. The number of carbonyl (C=O) groups excluding carboxylic acids is 2. The molecule has 2 aromatic carbocycles. The number of benzene rings is 2. The fourth-order valence-corrected chi connectivity index (χ4v) is 4.87. The summed E-state index contributed by atoms with van der Waals surface area (Å²) in [5.74, 6) is -0.672. The van der Waals surface area contributed by atoms with Crippen LogP contribution in [-0.4, -0.2) is 37.0 Å². The molecule has 1 aliphatic heterocycles. The Labute approximate surface area is 205 Å². The monoisotopic (exact) mass is 593 g/mol. The summed E-state index contributed by atoms with van der Waals surface area (Å²) < 4.78 is 29.9. The number of thioether (sulfide) groups is 1. The number of anilines is 1. The van der Waals surface area contributed by atoms with Crippen molar-refractivity contribution in [3.05, 3.63) is 55.2 Å². The van der Waals surface area contributed by atoms with E-state index in [1.165, 1.54) is 37.3 Å². The first-order chi connectivity index (χ1) is 14.7. The molecule has 0 atom stereocenters. The lowest BCUT2D eigenvalue weighted by atomic mass is 10.1. The van der Waals surface area contributed by atoms with E-state index in [0.29, 0.717) is 35.5 Å². The molecule has 1 fully saturated rings. The molecule has 1 amide bonds. The van der Waals surface area contributed by atoms with Crippen LogP contribution >= 0.6 is 58.2 Å². The van der Waals surface area contributed by atoms with Gasteiger partial charge in [-0.25, -0.2) is 9.18 Å². The molecule has 0 saturated carbocycles. The Bertz CT molecular complexity index is 1110. The van der Waals surface area contributed by atoms with Gasteiger partial charge >= 0.3 is 5.97 Å². The first kappa shape index (κ1) is 23.8. The Morgan fingerprint density at radius 1 is 1.32 bits per heavy atom. The van der Waals surface area contributed by atoms with Gasteiger partial charge in [0.2, 0.25) is 0 Å². The van der Waals surface area contributed by atoms with E-state index in [1.54, 1.807) is 18.2 Å². The fourth-order valence-electron chi connectivity index (χ4n) is 2.62. The summed E-state index contributed by atoms with van der Waals surface area (Å²) in [6.07, 6.45) is 1.67. The minimum absolute atomic E-state index is 0.0997. The molecule has 0 unspecified atom stereocenters. The highest BCUT2D eigenvalue weighted by atomic mass is 127. The van der Waals surface area contributed by atoms with E-state index in [2.05, 4.69) is 4.74 Å². The molecular weight excluding hydrogens is 580 g/mol. The molecular formula is C20H14ClFINO5S2. The van der Waals surface area contributed by atoms with Gasteiger partial charge in [-0.2, -0.15) is 0 Å². The maximum atomic E-state index is 13.5. The van der Waals surface area contributed by atoms with Crippen molar-refractivity contribution in [3.63, 3.8) is 0 Å². The van der Waals surface area contributed by atoms with Crippen molar-refractivity contribution in [1.82, 2.24) is 0 Å². The summed E-state index contributed by atoms with van der Waals surface area (Å²) in [5.41, 5.74) is 1.06. The van der Waals surface area contributed by atoms with Gasteiger partial charge in [0.15, 0.2) is 22.4 Å². The normalized spacial score (nSPS) is 14.9. The van der Waals surface area contributed by atoms with Crippen molar-refractivity contribution in [2.24, 2.45) is 0 Å². The summed E-state index contributed by atoms with van der Waals surface area (Å²) in [5, 5.41) is -0.0997. The highest BCUT2D eigenvalue weighted by Gasteiger charge is 2.33. The molecule has 0 spiro atoms. The van der Waals surface area contributed by atoms with Crippen LogP contribution in [0.1, 0.15) is 5.56 Å². The number of carbonyl (C=O) groups is 2. The quantitative estimate of drug-likeness (QED) is 0.201. The summed E-state index contributed by atoms with van der Waals surface area (Å²) in [4.78, 5) is 26.0. The zero-order valence-electron chi connectivity index (χ0n) is 16.1. The first-order valence-corrected chi connectivity index (χ1v) is 11.2. The van der Waals surface area contributed by atoms with Gasteiger partial charge in [-0.3, -0.25) is 9.69 Å². The zero-order valence-corrected chi connectivity index (χ0v) is 20.7. The largest absolute Gasteiger partial charge is 0.493 e. The van der Waals surface area contributed by atoms with Crippen molar-refractivity contribution >= 4 is 86.1 Å². The predicted octanol–water partition coefficient (Wildman–Crippen LogP) is 5.05. The molecule has 11 heteroatoms. The third kappa shape index (κ3) is 5.30. The zero-order chi connectivity index (χ0) is 22.7. The summed E-state index contributed by atoms with van der Waals surface area (Å²) in [7, 11) is 2.74. The number of ether oxygens (including phenoxy) is 3. The first-order valence-electron chi connectivity index (χ1n) is 8.55. The summed E-state index contributed by atoms with van der Waals surface area (Å²) >= 11 is 14.3. The van der Waals surface area contributed by atoms with E-state index in [-0.39, 0.29) is 17.5 Å². The maximum absolute atomic E-state index is 13.5. The van der Waals surface area contributed by atoms with Crippen molar-refractivity contribution < 1.29 is 28.2 Å². The number of hydrogen-bond acceptors (Lipinski definition) is 7. The molecule has 0 aromatic heterocycles. The number of rotatable bonds is 6. The fraction of sp³-hybridized carbons (Fsp3) is 0.150. The average molecular weight is 594 g/mol. The standard InChI is InChI=1S/C20H14ClFINO5S2/c1-27-15-6-10(5-14(23)18(15)29-9-17(25)28-2)7-16-19(26)24(20(30)31-16)11-3-4-13(22)12(21)8-11/h3-8H,9H2,1-2H3/b16-7-. The van der Waals surface area contributed by atoms with Crippen molar-refractivity contribution in [3.8, 4) is 11.5 Å². The Balaban J connectivity index is 1.90. The molecule has 0 N–H and O–H groups in total. The smallest absolute Gasteiger partial charge is 0.343 e. The van der Waals surface area contributed by atoms with E-state index in [0.717, 1.165) is 11.8 Å². The van der Waals surface area contributed by atoms with Crippen LogP contribution in [0.5, 0.6) is 11.5 Å². The molecule has 0 bridgehead atoms. The lowest BCUT2D eigenvalue weighted by Crippen LogP contribution is -2.27. The Kier molecular flexibility index (Phi) is 7.78. The Hall–Kier alpha value is -1.89. The molecule has 1 heterocycles. The molecule has 3 rings (SSSR count). The average Bonchev–Trinajstić information content (AvgIpc) is 3.01. The topological polar surface area (TPSA) is 65.1 Å². The summed E-state index contributed by atoms with van der Waals surface area (Å²) in [6, 6.07) is 7.42. The lowest BCUT2D eigenvalue weighted by Gasteiger charge is -2.15. The minimum atomic E-state index is -0.581. The Morgan fingerprint density at radius 2 is 2.06 bits per heavy atom. The molecule has 2 aromatic rings. The second-order valence-corrected chi connectivity index (χ2v) is 9.26. The van der Waals surface area contributed by atoms with Crippen LogP contribution in [0.25, 0.3) is 6.08 Å². The van der Waals surface area contributed by atoms with Crippen LogP contribution in [-0.2, 0) is 14.3 Å². The third-order valence-corrected chi connectivity index (χ3v) is 6.46. The minimum Gasteiger partial charge on any atom is -0.493 e. The summed E-state index contributed by atoms with van der Waals surface area (Å²) in [6.45, 7) is -0.263. The number of thiocarbonyl (C=S) groups is 1. The molecule has 162 valence electrons.